The first-order chi connectivity index (χ1) is 6.66. The number of benzene rings is 1. The van der Waals surface area contributed by atoms with E-state index in [1.807, 2.05) is 0 Å². The predicted octanol–water partition coefficient (Wildman–Crippen LogP) is 3.20. The second kappa shape index (κ2) is 3.64. The highest BCUT2D eigenvalue weighted by molar-refractivity contribution is 5.38. The smallest absolute Gasteiger partial charge is 0.122 e. The molecule has 1 aliphatic rings. The molecule has 0 bridgehead atoms. The molecule has 2 rings (SSSR count). The third-order valence-electron chi connectivity index (χ3n) is 3.09. The summed E-state index contributed by atoms with van der Waals surface area (Å²) in [7, 11) is 0. The number of hydrogen-bond donors (Lipinski definition) is 0. The molecular formula is C13H18O. The van der Waals surface area contributed by atoms with Gasteiger partial charge in [-0.2, -0.15) is 0 Å². The van der Waals surface area contributed by atoms with Crippen molar-refractivity contribution >= 4 is 0 Å². The molecule has 0 aliphatic carbocycles. The Labute approximate surface area is 86.1 Å². The molecule has 1 aliphatic heterocycles. The van der Waals surface area contributed by atoms with Crippen LogP contribution in [0.3, 0.4) is 0 Å². The first-order valence-corrected chi connectivity index (χ1v) is 5.39. The highest BCUT2D eigenvalue weighted by atomic mass is 16.5. The third-order valence-corrected chi connectivity index (χ3v) is 3.09. The fourth-order valence-electron chi connectivity index (χ4n) is 1.97. The zero-order chi connectivity index (χ0) is 10.1. The number of hydrogen-bond acceptors (Lipinski definition) is 1. The lowest BCUT2D eigenvalue weighted by molar-refractivity contribution is 0.185. The summed E-state index contributed by atoms with van der Waals surface area (Å²) in [5, 5.41) is 0. The van der Waals surface area contributed by atoms with Gasteiger partial charge in [0.05, 0.1) is 6.61 Å². The van der Waals surface area contributed by atoms with Crippen LogP contribution < -0.4 is 4.74 Å². The van der Waals surface area contributed by atoms with Crippen LogP contribution in [0.1, 0.15) is 25.0 Å². The van der Waals surface area contributed by atoms with Gasteiger partial charge in [-0.25, -0.2) is 0 Å². The molecule has 0 fully saturated rings. The van der Waals surface area contributed by atoms with Crippen molar-refractivity contribution in [1.82, 2.24) is 0 Å². The zero-order valence-corrected chi connectivity index (χ0v) is 9.21. The topological polar surface area (TPSA) is 9.23 Å². The van der Waals surface area contributed by atoms with Crippen molar-refractivity contribution in [1.29, 1.82) is 0 Å². The number of fused-ring (bicyclic) bond motifs is 1. The maximum atomic E-state index is 5.75. The van der Waals surface area contributed by atoms with Crippen LogP contribution >= 0.6 is 0 Å². The molecule has 1 aromatic carbocycles. The van der Waals surface area contributed by atoms with Crippen molar-refractivity contribution in [3.05, 3.63) is 29.3 Å². The average Bonchev–Trinajstić information content (AvgIpc) is 2.16. The van der Waals surface area contributed by atoms with Gasteiger partial charge in [-0.3, -0.25) is 0 Å². The average molecular weight is 190 g/mol. The fraction of sp³-hybridized carbons (Fsp3) is 0.538. The molecule has 76 valence electrons. The SMILES string of the molecule is Cc1ccc2c(c1)CC(C(C)C)CO2. The van der Waals surface area contributed by atoms with Crippen LogP contribution in [0.5, 0.6) is 5.75 Å². The molecule has 1 nitrogen and oxygen atoms in total. The molecule has 0 saturated carbocycles. The van der Waals surface area contributed by atoms with E-state index in [9.17, 15) is 0 Å². The molecular weight excluding hydrogens is 172 g/mol. The van der Waals surface area contributed by atoms with Gasteiger partial charge in [-0.05, 0) is 36.8 Å². The minimum absolute atomic E-state index is 0.685. The minimum Gasteiger partial charge on any atom is -0.493 e. The Hall–Kier alpha value is -0.980. The van der Waals surface area contributed by atoms with Crippen molar-refractivity contribution in [3.63, 3.8) is 0 Å². The standard InChI is InChI=1S/C13H18O/c1-9(2)12-7-11-6-10(3)4-5-13(11)14-8-12/h4-6,9,12H,7-8H2,1-3H3. The molecule has 1 heterocycles. The van der Waals surface area contributed by atoms with Gasteiger partial charge < -0.3 is 4.74 Å². The number of aryl methyl sites for hydroxylation is 1. The van der Waals surface area contributed by atoms with Gasteiger partial charge >= 0.3 is 0 Å². The van der Waals surface area contributed by atoms with Crippen LogP contribution in [0.15, 0.2) is 18.2 Å². The lowest BCUT2D eigenvalue weighted by Gasteiger charge is -2.28. The van der Waals surface area contributed by atoms with Crippen LogP contribution in [0.25, 0.3) is 0 Å². The Kier molecular flexibility index (Phi) is 2.49. The van der Waals surface area contributed by atoms with Crippen LogP contribution in [0.4, 0.5) is 0 Å². The Balaban J connectivity index is 2.24. The van der Waals surface area contributed by atoms with Crippen molar-refractivity contribution in [3.8, 4) is 5.75 Å². The van der Waals surface area contributed by atoms with Gasteiger partial charge in [0, 0.05) is 0 Å². The molecule has 1 heteroatoms. The molecule has 1 atom stereocenters. The van der Waals surface area contributed by atoms with E-state index in [2.05, 4.69) is 39.0 Å². The summed E-state index contributed by atoms with van der Waals surface area (Å²) in [5.74, 6) is 2.49. The number of ether oxygens (including phenoxy) is 1. The maximum Gasteiger partial charge on any atom is 0.122 e. The summed E-state index contributed by atoms with van der Waals surface area (Å²) < 4.78 is 5.75. The van der Waals surface area contributed by atoms with Gasteiger partial charge in [0.2, 0.25) is 0 Å². The van der Waals surface area contributed by atoms with E-state index >= 15 is 0 Å². The van der Waals surface area contributed by atoms with Gasteiger partial charge in [-0.15, -0.1) is 0 Å². The molecule has 0 amide bonds. The van der Waals surface area contributed by atoms with Gasteiger partial charge in [0.15, 0.2) is 0 Å². The lowest BCUT2D eigenvalue weighted by Crippen LogP contribution is -2.25. The molecule has 0 aromatic heterocycles. The Morgan fingerprint density at radius 1 is 1.36 bits per heavy atom. The lowest BCUT2D eigenvalue weighted by atomic mass is 9.87. The summed E-state index contributed by atoms with van der Waals surface area (Å²) in [6, 6.07) is 6.47. The summed E-state index contributed by atoms with van der Waals surface area (Å²) >= 11 is 0. The Morgan fingerprint density at radius 2 is 2.14 bits per heavy atom. The van der Waals surface area contributed by atoms with Crippen molar-refractivity contribution in [2.45, 2.75) is 27.2 Å². The highest BCUT2D eigenvalue weighted by Crippen LogP contribution is 2.30. The quantitative estimate of drug-likeness (QED) is 0.660. The van der Waals surface area contributed by atoms with Gasteiger partial charge in [0.25, 0.3) is 0 Å². The van der Waals surface area contributed by atoms with Gasteiger partial charge in [-0.1, -0.05) is 31.5 Å². The molecule has 1 aromatic rings. The Bertz CT molecular complexity index is 328. The molecule has 0 N–H and O–H groups in total. The Morgan fingerprint density at radius 3 is 2.86 bits per heavy atom. The summed E-state index contributed by atoms with van der Waals surface area (Å²) in [6.45, 7) is 7.57. The first kappa shape index (κ1) is 9.57. The summed E-state index contributed by atoms with van der Waals surface area (Å²) in [4.78, 5) is 0. The summed E-state index contributed by atoms with van der Waals surface area (Å²) in [5.41, 5.74) is 2.71. The van der Waals surface area contributed by atoms with E-state index in [-0.39, 0.29) is 0 Å². The van der Waals surface area contributed by atoms with Crippen molar-refractivity contribution in [2.75, 3.05) is 6.61 Å². The van der Waals surface area contributed by atoms with Crippen molar-refractivity contribution < 1.29 is 4.74 Å². The van der Waals surface area contributed by atoms with Crippen LogP contribution in [-0.2, 0) is 6.42 Å². The fourth-order valence-corrected chi connectivity index (χ4v) is 1.97. The normalized spacial score (nSPS) is 20.4. The molecule has 0 radical (unpaired) electrons. The van der Waals surface area contributed by atoms with E-state index < -0.39 is 0 Å². The second-order valence-corrected chi connectivity index (χ2v) is 4.63. The highest BCUT2D eigenvalue weighted by Gasteiger charge is 2.22. The predicted molar refractivity (Wildman–Crippen MR) is 58.7 cm³/mol. The van der Waals surface area contributed by atoms with Crippen LogP contribution in [0.2, 0.25) is 0 Å². The van der Waals surface area contributed by atoms with Crippen molar-refractivity contribution in [2.24, 2.45) is 11.8 Å². The largest absolute Gasteiger partial charge is 0.493 e. The van der Waals surface area contributed by atoms with Crippen LogP contribution in [0, 0.1) is 18.8 Å². The number of rotatable bonds is 1. The summed E-state index contributed by atoms with van der Waals surface area (Å²) in [6.07, 6.45) is 1.18. The third kappa shape index (κ3) is 1.77. The van der Waals surface area contributed by atoms with Crippen LogP contribution in [-0.4, -0.2) is 6.61 Å². The van der Waals surface area contributed by atoms with E-state index in [1.54, 1.807) is 0 Å². The maximum absolute atomic E-state index is 5.75. The van der Waals surface area contributed by atoms with E-state index in [0.29, 0.717) is 11.8 Å². The molecule has 1 unspecified atom stereocenters. The van der Waals surface area contributed by atoms with E-state index in [1.165, 1.54) is 17.5 Å². The van der Waals surface area contributed by atoms with Gasteiger partial charge in [0.1, 0.15) is 5.75 Å². The van der Waals surface area contributed by atoms with E-state index in [0.717, 1.165) is 12.4 Å². The molecule has 0 saturated heterocycles. The molecule has 0 spiro atoms. The first-order valence-electron chi connectivity index (χ1n) is 5.39. The second-order valence-electron chi connectivity index (χ2n) is 4.63. The zero-order valence-electron chi connectivity index (χ0n) is 9.21. The van der Waals surface area contributed by atoms with E-state index in [4.69, 9.17) is 4.74 Å². The monoisotopic (exact) mass is 190 g/mol. The minimum atomic E-state index is 0.685. The molecule has 14 heavy (non-hydrogen) atoms.